The lowest BCUT2D eigenvalue weighted by molar-refractivity contribution is 0.280. The maximum absolute atomic E-state index is 8.94. The normalized spacial score (nSPS) is 10.4. The average molecular weight is 372 g/mol. The van der Waals surface area contributed by atoms with Crippen molar-refractivity contribution in [1.29, 1.82) is 0 Å². The molecule has 2 rings (SSSR count). The zero-order valence-electron chi connectivity index (χ0n) is 9.57. The molecule has 0 aromatic heterocycles. The molecule has 94 valence electrons. The van der Waals surface area contributed by atoms with Crippen molar-refractivity contribution in [3.05, 3.63) is 62.5 Å². The molecule has 2 aromatic carbocycles. The smallest absolute Gasteiger partial charge is 0.119 e. The quantitative estimate of drug-likeness (QED) is 0.868. The van der Waals surface area contributed by atoms with Crippen LogP contribution in [0.15, 0.2) is 51.4 Å². The summed E-state index contributed by atoms with van der Waals surface area (Å²) in [6, 6.07) is 13.4. The van der Waals surface area contributed by atoms with Crippen molar-refractivity contribution in [2.24, 2.45) is 0 Å². The molecule has 0 unspecified atom stereocenters. The number of benzene rings is 2. The summed E-state index contributed by atoms with van der Waals surface area (Å²) in [7, 11) is 0. The van der Waals surface area contributed by atoms with E-state index in [1.807, 2.05) is 42.5 Å². The lowest BCUT2D eigenvalue weighted by Gasteiger charge is -2.07. The number of rotatable bonds is 4. The number of aliphatic hydroxyl groups excluding tert-OH is 1. The molecule has 0 heterocycles. The largest absolute Gasteiger partial charge is 0.489 e. The fourth-order valence-electron chi connectivity index (χ4n) is 1.49. The molecule has 1 N–H and O–H groups in total. The summed E-state index contributed by atoms with van der Waals surface area (Å²) in [5.41, 5.74) is 1.98. The van der Waals surface area contributed by atoms with Crippen molar-refractivity contribution in [1.82, 2.24) is 0 Å². The van der Waals surface area contributed by atoms with E-state index in [9.17, 15) is 0 Å². The average Bonchev–Trinajstić information content (AvgIpc) is 2.41. The molecular formula is C14H12Br2O2. The maximum Gasteiger partial charge on any atom is 0.119 e. The second kappa shape index (κ2) is 6.36. The molecule has 0 saturated carbocycles. The van der Waals surface area contributed by atoms with Gasteiger partial charge >= 0.3 is 0 Å². The van der Waals surface area contributed by atoms with Gasteiger partial charge in [0.1, 0.15) is 12.4 Å². The molecule has 0 atom stereocenters. The Balaban J connectivity index is 1.99. The summed E-state index contributed by atoms with van der Waals surface area (Å²) in [5, 5.41) is 8.94. The van der Waals surface area contributed by atoms with Gasteiger partial charge in [-0.15, -0.1) is 0 Å². The van der Waals surface area contributed by atoms with E-state index in [2.05, 4.69) is 31.9 Å². The Morgan fingerprint density at radius 3 is 2.17 bits per heavy atom. The monoisotopic (exact) mass is 370 g/mol. The van der Waals surface area contributed by atoms with Gasteiger partial charge in [0.05, 0.1) is 6.61 Å². The van der Waals surface area contributed by atoms with Gasteiger partial charge in [-0.1, -0.05) is 18.2 Å². The van der Waals surface area contributed by atoms with Gasteiger partial charge in [0.15, 0.2) is 0 Å². The Hall–Kier alpha value is -0.840. The molecule has 0 spiro atoms. The molecule has 0 saturated heterocycles. The van der Waals surface area contributed by atoms with Gasteiger partial charge in [-0.2, -0.15) is 0 Å². The number of aliphatic hydroxyl groups is 1. The van der Waals surface area contributed by atoms with Gasteiger partial charge in [0, 0.05) is 8.95 Å². The fraction of sp³-hybridized carbons (Fsp3) is 0.143. The van der Waals surface area contributed by atoms with Crippen molar-refractivity contribution in [2.45, 2.75) is 13.2 Å². The Morgan fingerprint density at radius 1 is 0.889 bits per heavy atom. The van der Waals surface area contributed by atoms with E-state index >= 15 is 0 Å². The van der Waals surface area contributed by atoms with Gasteiger partial charge in [0.2, 0.25) is 0 Å². The first-order valence-electron chi connectivity index (χ1n) is 5.45. The minimum absolute atomic E-state index is 0.0555. The Bertz CT molecular complexity index is 524. The molecule has 18 heavy (non-hydrogen) atoms. The summed E-state index contributed by atoms with van der Waals surface area (Å²) in [5.74, 6) is 0.797. The van der Waals surface area contributed by atoms with Crippen LogP contribution in [0.25, 0.3) is 0 Å². The van der Waals surface area contributed by atoms with Crippen LogP contribution in [0.2, 0.25) is 0 Å². The van der Waals surface area contributed by atoms with Crippen molar-refractivity contribution in [2.75, 3.05) is 0 Å². The van der Waals surface area contributed by atoms with E-state index in [0.717, 1.165) is 25.8 Å². The van der Waals surface area contributed by atoms with E-state index in [0.29, 0.717) is 6.61 Å². The van der Waals surface area contributed by atoms with Crippen LogP contribution in [0.3, 0.4) is 0 Å². The third-order valence-electron chi connectivity index (χ3n) is 2.50. The zero-order valence-corrected chi connectivity index (χ0v) is 12.7. The first kappa shape index (κ1) is 13.6. The first-order valence-corrected chi connectivity index (χ1v) is 7.04. The Morgan fingerprint density at radius 2 is 1.56 bits per heavy atom. The molecule has 2 nitrogen and oxygen atoms in total. The fourth-order valence-corrected chi connectivity index (χ4v) is 2.16. The van der Waals surface area contributed by atoms with Gasteiger partial charge in [-0.25, -0.2) is 0 Å². The van der Waals surface area contributed by atoms with E-state index < -0.39 is 0 Å². The second-order valence-electron chi connectivity index (χ2n) is 3.84. The molecule has 0 aliphatic carbocycles. The predicted octanol–water partition coefficient (Wildman–Crippen LogP) is 4.28. The molecule has 0 bridgehead atoms. The molecule has 2 aromatic rings. The number of hydrogen-bond donors (Lipinski definition) is 1. The maximum atomic E-state index is 8.94. The highest BCUT2D eigenvalue weighted by atomic mass is 79.9. The van der Waals surface area contributed by atoms with E-state index in [1.54, 1.807) is 0 Å². The molecule has 0 fully saturated rings. The summed E-state index contributed by atoms with van der Waals surface area (Å²) >= 11 is 6.89. The third-order valence-corrected chi connectivity index (χ3v) is 4.38. The van der Waals surface area contributed by atoms with E-state index in [4.69, 9.17) is 9.84 Å². The molecule has 0 aliphatic rings. The Kier molecular flexibility index (Phi) is 4.80. The van der Waals surface area contributed by atoms with Crippen molar-refractivity contribution < 1.29 is 9.84 Å². The van der Waals surface area contributed by atoms with Crippen LogP contribution in [0.5, 0.6) is 5.75 Å². The van der Waals surface area contributed by atoms with E-state index in [1.165, 1.54) is 0 Å². The second-order valence-corrected chi connectivity index (χ2v) is 5.55. The van der Waals surface area contributed by atoms with Crippen LogP contribution in [0.1, 0.15) is 11.1 Å². The first-order chi connectivity index (χ1) is 8.69. The van der Waals surface area contributed by atoms with Gasteiger partial charge < -0.3 is 9.84 Å². The van der Waals surface area contributed by atoms with Crippen LogP contribution >= 0.6 is 31.9 Å². The standard InChI is InChI=1S/C14H12Br2O2/c15-13-6-3-11(7-14(13)16)9-18-12-4-1-10(8-17)2-5-12/h1-7,17H,8-9H2. The van der Waals surface area contributed by atoms with Crippen molar-refractivity contribution >= 4 is 31.9 Å². The minimum atomic E-state index is 0.0555. The Labute approximate surface area is 123 Å². The van der Waals surface area contributed by atoms with Crippen LogP contribution in [0, 0.1) is 0 Å². The molecule has 4 heteroatoms. The highest BCUT2D eigenvalue weighted by Gasteiger charge is 2.00. The number of hydrogen-bond acceptors (Lipinski definition) is 2. The minimum Gasteiger partial charge on any atom is -0.489 e. The van der Waals surface area contributed by atoms with Gasteiger partial charge in [-0.3, -0.25) is 0 Å². The summed E-state index contributed by atoms with van der Waals surface area (Å²) in [6.07, 6.45) is 0. The van der Waals surface area contributed by atoms with Crippen LogP contribution < -0.4 is 4.74 Å². The lowest BCUT2D eigenvalue weighted by Crippen LogP contribution is -1.95. The van der Waals surface area contributed by atoms with Crippen LogP contribution in [-0.2, 0) is 13.2 Å². The van der Waals surface area contributed by atoms with Gasteiger partial charge in [0.25, 0.3) is 0 Å². The van der Waals surface area contributed by atoms with E-state index in [-0.39, 0.29) is 6.61 Å². The van der Waals surface area contributed by atoms with Crippen molar-refractivity contribution in [3.8, 4) is 5.75 Å². The predicted molar refractivity (Wildman–Crippen MR) is 78.5 cm³/mol. The summed E-state index contributed by atoms with van der Waals surface area (Å²) in [6.45, 7) is 0.574. The summed E-state index contributed by atoms with van der Waals surface area (Å²) in [4.78, 5) is 0. The third kappa shape index (κ3) is 3.57. The highest BCUT2D eigenvalue weighted by molar-refractivity contribution is 9.13. The molecule has 0 aliphatic heterocycles. The zero-order chi connectivity index (χ0) is 13.0. The summed E-state index contributed by atoms with van der Waals surface area (Å²) < 4.78 is 7.71. The van der Waals surface area contributed by atoms with Crippen LogP contribution in [0.4, 0.5) is 0 Å². The molecular weight excluding hydrogens is 360 g/mol. The van der Waals surface area contributed by atoms with Gasteiger partial charge in [-0.05, 0) is 67.3 Å². The topological polar surface area (TPSA) is 29.5 Å². The number of halogens is 2. The van der Waals surface area contributed by atoms with Crippen molar-refractivity contribution in [3.63, 3.8) is 0 Å². The molecule has 0 radical (unpaired) electrons. The highest BCUT2D eigenvalue weighted by Crippen LogP contribution is 2.24. The lowest BCUT2D eigenvalue weighted by atomic mass is 10.2. The molecule has 0 amide bonds. The SMILES string of the molecule is OCc1ccc(OCc2ccc(Br)c(Br)c2)cc1. The van der Waals surface area contributed by atoms with Crippen LogP contribution in [-0.4, -0.2) is 5.11 Å². The number of ether oxygens (including phenoxy) is 1.